The van der Waals surface area contributed by atoms with Gasteiger partial charge in [0.05, 0.1) is 12.9 Å². The van der Waals surface area contributed by atoms with E-state index in [1.54, 1.807) is 11.8 Å². The lowest BCUT2D eigenvalue weighted by molar-refractivity contribution is 0.127. The van der Waals surface area contributed by atoms with Crippen molar-refractivity contribution in [2.24, 2.45) is 16.7 Å². The Morgan fingerprint density at radius 3 is 2.43 bits per heavy atom. The van der Waals surface area contributed by atoms with Gasteiger partial charge in [-0.1, -0.05) is 46.3 Å². The second kappa shape index (κ2) is 8.03. The molecular weight excluding hydrogens is 260 g/mol. The first kappa shape index (κ1) is 18.3. The molecule has 0 saturated heterocycles. The van der Waals surface area contributed by atoms with E-state index >= 15 is 0 Å². The molecule has 0 radical (unpaired) electrons. The Kier molecular flexibility index (Phi) is 6.99. The van der Waals surface area contributed by atoms with E-state index in [4.69, 9.17) is 9.84 Å². The van der Waals surface area contributed by atoms with Crippen molar-refractivity contribution in [2.45, 2.75) is 66.7 Å². The fraction of sp³-hybridized carbons (Fsp3) is 0.789. The number of aliphatic hydroxyl groups is 1. The summed E-state index contributed by atoms with van der Waals surface area (Å²) >= 11 is 0. The maximum Gasteiger partial charge on any atom is 0.0908 e. The Hall–Kier alpha value is -0.760. The third kappa shape index (κ3) is 5.86. The van der Waals surface area contributed by atoms with Crippen LogP contribution in [0.4, 0.5) is 0 Å². The van der Waals surface area contributed by atoms with Crippen LogP contribution in [0.15, 0.2) is 24.0 Å². The minimum absolute atomic E-state index is 0.326. The highest BCUT2D eigenvalue weighted by Gasteiger charge is 2.39. The van der Waals surface area contributed by atoms with Gasteiger partial charge in [0.25, 0.3) is 0 Å². The molecule has 2 nitrogen and oxygen atoms in total. The van der Waals surface area contributed by atoms with Gasteiger partial charge in [-0.3, -0.25) is 0 Å². The van der Waals surface area contributed by atoms with Gasteiger partial charge >= 0.3 is 0 Å². The van der Waals surface area contributed by atoms with E-state index in [2.05, 4.69) is 40.7 Å². The predicted octanol–water partition coefficient (Wildman–Crippen LogP) is 5.09. The molecular formula is C19H34O2. The monoisotopic (exact) mass is 294 g/mol. The third-order valence-electron chi connectivity index (χ3n) is 4.53. The second-order valence-corrected chi connectivity index (χ2v) is 7.68. The molecule has 21 heavy (non-hydrogen) atoms. The summed E-state index contributed by atoms with van der Waals surface area (Å²) in [5, 5.41) is 9.01. The van der Waals surface area contributed by atoms with E-state index in [1.807, 2.05) is 6.08 Å². The topological polar surface area (TPSA) is 29.5 Å². The molecule has 1 aliphatic carbocycles. The number of ether oxygens (including phenoxy) is 1. The van der Waals surface area contributed by atoms with E-state index in [1.165, 1.54) is 6.42 Å². The van der Waals surface area contributed by atoms with Gasteiger partial charge < -0.3 is 9.84 Å². The normalized spacial score (nSPS) is 25.6. The third-order valence-corrected chi connectivity index (χ3v) is 4.53. The predicted molar refractivity (Wildman–Crippen MR) is 90.1 cm³/mol. The molecule has 0 bridgehead atoms. The average Bonchev–Trinajstić information content (AvgIpc) is 2.94. The van der Waals surface area contributed by atoms with Crippen molar-refractivity contribution in [3.8, 4) is 0 Å². The van der Waals surface area contributed by atoms with E-state index in [9.17, 15) is 0 Å². The highest BCUT2D eigenvalue weighted by molar-refractivity contribution is 5.19. The van der Waals surface area contributed by atoms with Crippen LogP contribution in [0.2, 0.25) is 0 Å². The van der Waals surface area contributed by atoms with Crippen molar-refractivity contribution in [2.75, 3.05) is 13.2 Å². The molecule has 1 unspecified atom stereocenters. The summed E-state index contributed by atoms with van der Waals surface area (Å²) in [5.74, 6) is 0.665. The number of rotatable bonds is 4. The number of aliphatic hydroxyl groups excluding tert-OH is 1. The molecule has 1 N–H and O–H groups in total. The summed E-state index contributed by atoms with van der Waals surface area (Å²) in [4.78, 5) is 0. The van der Waals surface area contributed by atoms with Crippen LogP contribution in [-0.2, 0) is 4.74 Å². The Balaban J connectivity index is 0.000000369. The lowest BCUT2D eigenvalue weighted by atomic mass is 9.59. The van der Waals surface area contributed by atoms with Crippen LogP contribution in [0.1, 0.15) is 66.7 Å². The van der Waals surface area contributed by atoms with Gasteiger partial charge in [-0.15, -0.1) is 0 Å². The molecule has 0 aromatic rings. The van der Waals surface area contributed by atoms with Crippen LogP contribution in [0.5, 0.6) is 0 Å². The van der Waals surface area contributed by atoms with Crippen LogP contribution in [0, 0.1) is 16.7 Å². The molecule has 0 saturated carbocycles. The van der Waals surface area contributed by atoms with Crippen molar-refractivity contribution in [3.63, 3.8) is 0 Å². The minimum atomic E-state index is 0.326. The Morgan fingerprint density at radius 1 is 1.29 bits per heavy atom. The highest BCUT2D eigenvalue weighted by Crippen LogP contribution is 2.50. The summed E-state index contributed by atoms with van der Waals surface area (Å²) in [5.41, 5.74) is 2.32. The standard InChI is InChI=1S/C15H28O.C4H6O/c1-6-12-10-14(2,3)11-15(4,5)13(12)8-7-9-16;1-2-4-5-3-1/h10,13,16H,6-9,11H2,1-5H3;1,3H,2,4H2. The van der Waals surface area contributed by atoms with Gasteiger partial charge in [-0.2, -0.15) is 0 Å². The molecule has 2 rings (SSSR count). The van der Waals surface area contributed by atoms with Crippen molar-refractivity contribution in [1.29, 1.82) is 0 Å². The summed E-state index contributed by atoms with van der Waals surface area (Å²) in [7, 11) is 0. The maximum atomic E-state index is 9.01. The van der Waals surface area contributed by atoms with Crippen LogP contribution in [0.3, 0.4) is 0 Å². The largest absolute Gasteiger partial charge is 0.501 e. The number of hydrogen-bond acceptors (Lipinski definition) is 2. The van der Waals surface area contributed by atoms with Crippen LogP contribution in [0.25, 0.3) is 0 Å². The zero-order valence-electron chi connectivity index (χ0n) is 14.6. The first-order valence-corrected chi connectivity index (χ1v) is 8.41. The van der Waals surface area contributed by atoms with Gasteiger partial charge in [0.15, 0.2) is 0 Å². The van der Waals surface area contributed by atoms with E-state index in [-0.39, 0.29) is 0 Å². The molecule has 0 spiro atoms. The number of allylic oxidation sites excluding steroid dienone is 2. The lowest BCUT2D eigenvalue weighted by Gasteiger charge is -2.46. The van der Waals surface area contributed by atoms with Gasteiger partial charge in [-0.05, 0) is 48.5 Å². The van der Waals surface area contributed by atoms with Crippen LogP contribution >= 0.6 is 0 Å². The second-order valence-electron chi connectivity index (χ2n) is 7.68. The smallest absolute Gasteiger partial charge is 0.0908 e. The molecule has 0 aromatic carbocycles. The fourth-order valence-electron chi connectivity index (χ4n) is 4.01. The summed E-state index contributed by atoms with van der Waals surface area (Å²) in [6.45, 7) is 12.9. The fourth-order valence-corrected chi connectivity index (χ4v) is 4.01. The molecule has 1 atom stereocenters. The zero-order chi connectivity index (χ0) is 15.9. The van der Waals surface area contributed by atoms with Gasteiger partial charge in [0.1, 0.15) is 0 Å². The van der Waals surface area contributed by atoms with Crippen LogP contribution < -0.4 is 0 Å². The first-order valence-electron chi connectivity index (χ1n) is 8.41. The zero-order valence-corrected chi connectivity index (χ0v) is 14.6. The Labute approximate surface area is 131 Å². The van der Waals surface area contributed by atoms with Gasteiger partial charge in [0, 0.05) is 13.0 Å². The molecule has 2 aliphatic rings. The molecule has 0 amide bonds. The molecule has 0 aromatic heterocycles. The Bertz CT molecular complexity index is 358. The van der Waals surface area contributed by atoms with Crippen molar-refractivity contribution < 1.29 is 9.84 Å². The van der Waals surface area contributed by atoms with Crippen molar-refractivity contribution in [3.05, 3.63) is 24.0 Å². The lowest BCUT2D eigenvalue weighted by Crippen LogP contribution is -2.35. The maximum absolute atomic E-state index is 9.01. The molecule has 1 aliphatic heterocycles. The van der Waals surface area contributed by atoms with Crippen molar-refractivity contribution in [1.82, 2.24) is 0 Å². The Morgan fingerprint density at radius 2 is 2.00 bits per heavy atom. The SMILES string of the molecule is C1=COCC1.CCC1=CC(C)(C)CC(C)(C)C1CCCO. The summed E-state index contributed by atoms with van der Waals surface area (Å²) < 4.78 is 4.76. The van der Waals surface area contributed by atoms with Crippen LogP contribution in [-0.4, -0.2) is 18.3 Å². The van der Waals surface area contributed by atoms with Crippen molar-refractivity contribution >= 4 is 0 Å². The highest BCUT2D eigenvalue weighted by atomic mass is 16.5. The molecule has 0 fully saturated rings. The quantitative estimate of drug-likeness (QED) is 0.732. The van der Waals surface area contributed by atoms with E-state index < -0.39 is 0 Å². The van der Waals surface area contributed by atoms with Gasteiger partial charge in [0.2, 0.25) is 0 Å². The van der Waals surface area contributed by atoms with Gasteiger partial charge in [-0.25, -0.2) is 0 Å². The summed E-state index contributed by atoms with van der Waals surface area (Å²) in [6, 6.07) is 0. The average molecular weight is 294 g/mol. The molecule has 122 valence electrons. The van der Waals surface area contributed by atoms with E-state index in [0.29, 0.717) is 23.4 Å². The summed E-state index contributed by atoms with van der Waals surface area (Å²) in [6.07, 6.45) is 11.8. The minimum Gasteiger partial charge on any atom is -0.501 e. The molecule has 2 heteroatoms. The molecule has 1 heterocycles. The first-order chi connectivity index (χ1) is 9.82. The number of hydrogen-bond donors (Lipinski definition) is 1. The van der Waals surface area contributed by atoms with E-state index in [0.717, 1.165) is 32.3 Å².